The standard InChI is InChI=1S/C31H32F5N5O3S/c1-4-25(42)39-13-18(3)40(14-17(39)2)29-22-12-23(31(34,35)36)26(21-6-5-19(32)11-24(21)33)28-27(22)41(30(43)37-29)15-20(16-45-28)38-7-9-44-10-8-38/h4-6,11-12,17-18,20H,1,7-10,13-16H2,2-3H3/t17-,18+,20?/m1/s1. The molecule has 1 aromatic heterocycles. The summed E-state index contributed by atoms with van der Waals surface area (Å²) in [6, 6.07) is 2.43. The van der Waals surface area contributed by atoms with Crippen LogP contribution in [0.1, 0.15) is 19.4 Å². The second-order valence-electron chi connectivity index (χ2n) is 11.6. The average Bonchev–Trinajstić information content (AvgIpc) is 3.21. The van der Waals surface area contributed by atoms with Crippen LogP contribution in [0.2, 0.25) is 0 Å². The van der Waals surface area contributed by atoms with Crippen LogP contribution in [0, 0.1) is 11.6 Å². The normalized spacial score (nSPS) is 22.9. The molecule has 8 nitrogen and oxygen atoms in total. The average molecular weight is 650 g/mol. The molecule has 0 N–H and O–H groups in total. The van der Waals surface area contributed by atoms with Crippen LogP contribution in [0.3, 0.4) is 0 Å². The van der Waals surface area contributed by atoms with E-state index in [2.05, 4.69) is 16.5 Å². The number of piperazine rings is 1. The quantitative estimate of drug-likeness (QED) is 0.298. The third-order valence-electron chi connectivity index (χ3n) is 8.80. The van der Waals surface area contributed by atoms with Crippen molar-refractivity contribution in [2.75, 3.05) is 50.0 Å². The summed E-state index contributed by atoms with van der Waals surface area (Å²) in [6.07, 6.45) is -3.72. The second-order valence-corrected chi connectivity index (χ2v) is 12.7. The number of benzene rings is 2. The van der Waals surface area contributed by atoms with E-state index < -0.39 is 46.2 Å². The Kier molecular flexibility index (Phi) is 8.42. The van der Waals surface area contributed by atoms with Crippen molar-refractivity contribution in [3.63, 3.8) is 0 Å². The van der Waals surface area contributed by atoms with Gasteiger partial charge in [-0.15, -0.1) is 11.8 Å². The third kappa shape index (κ3) is 5.72. The molecule has 3 aliphatic heterocycles. The lowest BCUT2D eigenvalue weighted by atomic mass is 9.95. The number of ether oxygens (including phenoxy) is 1. The van der Waals surface area contributed by atoms with Gasteiger partial charge in [-0.2, -0.15) is 18.2 Å². The Morgan fingerprint density at radius 1 is 1.09 bits per heavy atom. The summed E-state index contributed by atoms with van der Waals surface area (Å²) < 4.78 is 81.0. The first kappa shape index (κ1) is 31.5. The lowest BCUT2D eigenvalue weighted by Gasteiger charge is -2.44. The van der Waals surface area contributed by atoms with Crippen molar-refractivity contribution < 1.29 is 31.5 Å². The number of aromatic nitrogens is 2. The van der Waals surface area contributed by atoms with Crippen LogP contribution in [0.5, 0.6) is 0 Å². The van der Waals surface area contributed by atoms with Gasteiger partial charge >= 0.3 is 11.9 Å². The van der Waals surface area contributed by atoms with Crippen molar-refractivity contribution in [1.29, 1.82) is 0 Å². The Bertz CT molecular complexity index is 1720. The number of morpholine rings is 1. The van der Waals surface area contributed by atoms with E-state index in [9.17, 15) is 27.2 Å². The van der Waals surface area contributed by atoms with Crippen LogP contribution in [0.25, 0.3) is 22.0 Å². The molecule has 3 aliphatic rings. The molecule has 0 spiro atoms. The Labute approximate surface area is 260 Å². The first-order valence-corrected chi connectivity index (χ1v) is 15.7. The van der Waals surface area contributed by atoms with Crippen LogP contribution in [0.4, 0.5) is 27.8 Å². The van der Waals surface area contributed by atoms with Crippen LogP contribution in [0.15, 0.2) is 46.6 Å². The van der Waals surface area contributed by atoms with E-state index in [-0.39, 0.29) is 59.2 Å². The summed E-state index contributed by atoms with van der Waals surface area (Å²) in [6.45, 7) is 9.92. The van der Waals surface area contributed by atoms with Gasteiger partial charge in [0.05, 0.1) is 24.3 Å². The Morgan fingerprint density at radius 3 is 2.49 bits per heavy atom. The Hall–Kier alpha value is -3.49. The van der Waals surface area contributed by atoms with Crippen molar-refractivity contribution in [3.05, 3.63) is 64.6 Å². The minimum absolute atomic E-state index is 0.0691. The molecule has 14 heteroatoms. The molecule has 2 saturated heterocycles. The fraction of sp³-hybridized carbons (Fsp3) is 0.452. The fourth-order valence-corrected chi connectivity index (χ4v) is 7.95. The number of alkyl halides is 3. The molecule has 0 bridgehead atoms. The van der Waals surface area contributed by atoms with Crippen molar-refractivity contribution in [3.8, 4) is 11.1 Å². The number of hydrogen-bond donors (Lipinski definition) is 0. The number of amides is 1. The molecular formula is C31H32F5N5O3S. The monoisotopic (exact) mass is 649 g/mol. The molecule has 2 fully saturated rings. The van der Waals surface area contributed by atoms with Gasteiger partial charge in [0.25, 0.3) is 0 Å². The number of carbonyl (C=O) groups excluding carboxylic acids is 1. The van der Waals surface area contributed by atoms with Crippen LogP contribution >= 0.6 is 11.8 Å². The molecule has 1 unspecified atom stereocenters. The minimum Gasteiger partial charge on any atom is -0.379 e. The summed E-state index contributed by atoms with van der Waals surface area (Å²) in [5, 5.41) is 0.0980. The zero-order valence-corrected chi connectivity index (χ0v) is 25.6. The summed E-state index contributed by atoms with van der Waals surface area (Å²) in [7, 11) is 0. The molecule has 3 atom stereocenters. The van der Waals surface area contributed by atoms with E-state index in [1.165, 1.54) is 10.6 Å². The highest BCUT2D eigenvalue weighted by atomic mass is 32.2. The molecule has 4 heterocycles. The molecule has 3 aromatic rings. The zero-order valence-electron chi connectivity index (χ0n) is 24.7. The largest absolute Gasteiger partial charge is 0.417 e. The Morgan fingerprint density at radius 2 is 1.82 bits per heavy atom. The van der Waals surface area contributed by atoms with Crippen molar-refractivity contribution >= 4 is 34.4 Å². The van der Waals surface area contributed by atoms with Crippen LogP contribution in [-0.2, 0) is 22.3 Å². The number of hydrogen-bond acceptors (Lipinski definition) is 7. The smallest absolute Gasteiger partial charge is 0.379 e. The SMILES string of the molecule is C=CC(=O)N1C[C@H](C)N(c2nc(=O)n3c4c(c(-c5ccc(F)cc5F)c(C(F)(F)F)cc24)SCC(N2CCOCC2)C3)C[C@H]1C. The van der Waals surface area contributed by atoms with Gasteiger partial charge in [0.2, 0.25) is 5.91 Å². The van der Waals surface area contributed by atoms with Gasteiger partial charge in [-0.1, -0.05) is 6.58 Å². The Balaban J connectivity index is 1.62. The lowest BCUT2D eigenvalue weighted by molar-refractivity contribution is -0.137. The van der Waals surface area contributed by atoms with Gasteiger partial charge in [0.15, 0.2) is 0 Å². The molecule has 240 valence electrons. The van der Waals surface area contributed by atoms with Gasteiger partial charge in [-0.05, 0) is 38.1 Å². The first-order chi connectivity index (χ1) is 21.4. The highest BCUT2D eigenvalue weighted by Crippen LogP contribution is 2.49. The van der Waals surface area contributed by atoms with Gasteiger partial charge < -0.3 is 14.5 Å². The van der Waals surface area contributed by atoms with E-state index in [1.807, 2.05) is 13.8 Å². The molecule has 6 rings (SSSR count). The number of rotatable bonds is 4. The number of nitrogens with zero attached hydrogens (tertiary/aromatic N) is 5. The van der Waals surface area contributed by atoms with E-state index in [0.29, 0.717) is 38.1 Å². The predicted octanol–water partition coefficient (Wildman–Crippen LogP) is 4.78. The summed E-state index contributed by atoms with van der Waals surface area (Å²) in [4.78, 5) is 36.4. The van der Waals surface area contributed by atoms with Crippen LogP contribution in [-0.4, -0.2) is 88.5 Å². The number of halogens is 5. The second kappa shape index (κ2) is 12.0. The van der Waals surface area contributed by atoms with Crippen molar-refractivity contribution in [2.45, 2.75) is 49.6 Å². The summed E-state index contributed by atoms with van der Waals surface area (Å²) >= 11 is 1.13. The maximum absolute atomic E-state index is 15.3. The van der Waals surface area contributed by atoms with Gasteiger partial charge in [0.1, 0.15) is 17.5 Å². The number of thioether (sulfide) groups is 1. The first-order valence-electron chi connectivity index (χ1n) is 14.7. The van der Waals surface area contributed by atoms with Crippen molar-refractivity contribution in [2.24, 2.45) is 0 Å². The van der Waals surface area contributed by atoms with Gasteiger partial charge in [-0.25, -0.2) is 13.6 Å². The predicted molar refractivity (Wildman–Crippen MR) is 161 cm³/mol. The molecular weight excluding hydrogens is 617 g/mol. The third-order valence-corrected chi connectivity index (χ3v) is 10.0. The maximum Gasteiger partial charge on any atom is 0.417 e. The minimum atomic E-state index is -4.93. The molecule has 0 radical (unpaired) electrons. The fourth-order valence-electron chi connectivity index (χ4n) is 6.56. The zero-order chi connectivity index (χ0) is 32.2. The lowest BCUT2D eigenvalue weighted by Crippen LogP contribution is -2.58. The van der Waals surface area contributed by atoms with E-state index in [1.54, 1.807) is 9.80 Å². The molecule has 45 heavy (non-hydrogen) atoms. The molecule has 1 amide bonds. The van der Waals surface area contributed by atoms with Crippen molar-refractivity contribution in [1.82, 2.24) is 19.4 Å². The van der Waals surface area contributed by atoms with E-state index in [0.717, 1.165) is 30.0 Å². The highest BCUT2D eigenvalue weighted by molar-refractivity contribution is 7.99. The summed E-state index contributed by atoms with van der Waals surface area (Å²) in [5.41, 5.74) is -2.37. The molecule has 0 aliphatic carbocycles. The summed E-state index contributed by atoms with van der Waals surface area (Å²) in [5.74, 6) is -1.94. The van der Waals surface area contributed by atoms with Crippen LogP contribution < -0.4 is 10.6 Å². The molecule has 0 saturated carbocycles. The van der Waals surface area contributed by atoms with E-state index >= 15 is 4.39 Å². The number of anilines is 1. The van der Waals surface area contributed by atoms with Gasteiger partial charge in [-0.3, -0.25) is 14.3 Å². The molecule has 2 aromatic carbocycles. The number of carbonyl (C=O) groups is 1. The van der Waals surface area contributed by atoms with E-state index in [4.69, 9.17) is 4.74 Å². The van der Waals surface area contributed by atoms with Gasteiger partial charge in [0, 0.05) is 84.1 Å². The topological polar surface area (TPSA) is 70.9 Å². The highest BCUT2D eigenvalue weighted by Gasteiger charge is 2.41. The maximum atomic E-state index is 15.3.